The van der Waals surface area contributed by atoms with Gasteiger partial charge in [-0.05, 0) is 54.8 Å². The summed E-state index contributed by atoms with van der Waals surface area (Å²) in [6.07, 6.45) is 2.14. The van der Waals surface area contributed by atoms with Crippen LogP contribution in [0, 0.1) is 5.92 Å². The second-order valence-corrected chi connectivity index (χ2v) is 9.65. The van der Waals surface area contributed by atoms with Crippen molar-refractivity contribution in [2.45, 2.75) is 59.0 Å². The molecule has 0 fully saturated rings. The molecular weight excluding hydrogens is 408 g/mol. The molecule has 0 spiro atoms. The number of thiophene rings is 1. The first-order valence-electron chi connectivity index (χ1n) is 11.2. The molecule has 0 radical (unpaired) electrons. The first-order chi connectivity index (χ1) is 14.9. The highest BCUT2D eigenvalue weighted by atomic mass is 32.1. The minimum absolute atomic E-state index is 0.00378. The van der Waals surface area contributed by atoms with Gasteiger partial charge in [0.2, 0.25) is 11.8 Å². The highest BCUT2D eigenvalue weighted by Gasteiger charge is 2.34. The van der Waals surface area contributed by atoms with Crippen LogP contribution in [0.25, 0.3) is 0 Å². The van der Waals surface area contributed by atoms with E-state index in [1.807, 2.05) is 56.0 Å². The first kappa shape index (κ1) is 23.3. The van der Waals surface area contributed by atoms with E-state index in [9.17, 15) is 9.59 Å². The van der Waals surface area contributed by atoms with Gasteiger partial charge in [-0.15, -0.1) is 11.3 Å². The minimum Gasteiger partial charge on any atom is -0.491 e. The maximum atomic E-state index is 13.5. The summed E-state index contributed by atoms with van der Waals surface area (Å²) >= 11 is 1.74. The van der Waals surface area contributed by atoms with Gasteiger partial charge in [0.1, 0.15) is 18.9 Å². The van der Waals surface area contributed by atoms with E-state index >= 15 is 0 Å². The van der Waals surface area contributed by atoms with Crippen LogP contribution >= 0.6 is 11.3 Å². The monoisotopic (exact) mass is 442 g/mol. The van der Waals surface area contributed by atoms with Crippen molar-refractivity contribution < 1.29 is 14.3 Å². The predicted octanol–water partition coefficient (Wildman–Crippen LogP) is 4.93. The molecule has 0 aliphatic carbocycles. The molecule has 6 heteroatoms. The molecule has 5 nitrogen and oxygen atoms in total. The number of ether oxygens (including phenoxy) is 1. The smallest absolute Gasteiger partial charge is 0.242 e. The SMILES string of the molecule is CC[C@@H](C)N(CC(=O)N1CCc2sccc2[C@@H]1COc1ccccc1)C(=O)CC(C)C. The summed E-state index contributed by atoms with van der Waals surface area (Å²) in [4.78, 5) is 31.3. The van der Waals surface area contributed by atoms with Gasteiger partial charge in [0.25, 0.3) is 0 Å². The summed E-state index contributed by atoms with van der Waals surface area (Å²) in [5, 5.41) is 2.09. The second kappa shape index (κ2) is 10.8. The zero-order valence-corrected chi connectivity index (χ0v) is 19.9. The van der Waals surface area contributed by atoms with Crippen molar-refractivity contribution in [1.29, 1.82) is 0 Å². The molecule has 0 saturated carbocycles. The lowest BCUT2D eigenvalue weighted by molar-refractivity contribution is -0.144. The molecule has 0 N–H and O–H groups in total. The Morgan fingerprint density at radius 2 is 1.94 bits per heavy atom. The van der Waals surface area contributed by atoms with Crippen molar-refractivity contribution >= 4 is 23.2 Å². The van der Waals surface area contributed by atoms with Crippen LogP contribution in [0.4, 0.5) is 0 Å². The molecule has 1 aromatic carbocycles. The quantitative estimate of drug-likeness (QED) is 0.553. The molecule has 2 atom stereocenters. The molecule has 0 unspecified atom stereocenters. The Morgan fingerprint density at radius 3 is 2.61 bits per heavy atom. The molecule has 31 heavy (non-hydrogen) atoms. The Balaban J connectivity index is 1.77. The standard InChI is InChI=1S/C25H34N2O3S/c1-5-19(4)27(24(28)15-18(2)3)16-25(29)26-13-11-23-21(12-14-31-23)22(26)17-30-20-9-7-6-8-10-20/h6-10,12,14,18-19,22H,5,11,13,15-17H2,1-4H3/t19-,22+/m1/s1. The van der Waals surface area contributed by atoms with Gasteiger partial charge in [0, 0.05) is 23.9 Å². The Kier molecular flexibility index (Phi) is 8.13. The molecule has 168 valence electrons. The average Bonchev–Trinajstić information content (AvgIpc) is 3.24. The second-order valence-electron chi connectivity index (χ2n) is 8.65. The van der Waals surface area contributed by atoms with E-state index in [1.165, 1.54) is 10.4 Å². The fraction of sp³-hybridized carbons (Fsp3) is 0.520. The highest BCUT2D eigenvalue weighted by molar-refractivity contribution is 7.10. The lowest BCUT2D eigenvalue weighted by Gasteiger charge is -2.38. The van der Waals surface area contributed by atoms with Crippen molar-refractivity contribution in [3.63, 3.8) is 0 Å². The Labute approximate surface area is 190 Å². The highest BCUT2D eigenvalue weighted by Crippen LogP contribution is 2.34. The molecule has 1 aliphatic rings. The molecule has 0 saturated heterocycles. The zero-order chi connectivity index (χ0) is 22.4. The summed E-state index contributed by atoms with van der Waals surface area (Å²) in [5.74, 6) is 1.12. The summed E-state index contributed by atoms with van der Waals surface area (Å²) in [6.45, 7) is 9.34. The molecule has 0 bridgehead atoms. The number of benzene rings is 1. The summed E-state index contributed by atoms with van der Waals surface area (Å²) in [7, 11) is 0. The molecule has 1 aromatic heterocycles. The van der Waals surface area contributed by atoms with Gasteiger partial charge in [0.05, 0.1) is 6.04 Å². The van der Waals surface area contributed by atoms with Crippen LogP contribution in [0.5, 0.6) is 5.75 Å². The lowest BCUT2D eigenvalue weighted by Crippen LogP contribution is -2.50. The predicted molar refractivity (Wildman–Crippen MR) is 125 cm³/mol. The van der Waals surface area contributed by atoms with Crippen molar-refractivity contribution in [1.82, 2.24) is 9.80 Å². The maximum absolute atomic E-state index is 13.5. The topological polar surface area (TPSA) is 49.9 Å². The lowest BCUT2D eigenvalue weighted by atomic mass is 10.00. The van der Waals surface area contributed by atoms with E-state index in [0.717, 1.165) is 18.6 Å². The van der Waals surface area contributed by atoms with Crippen LogP contribution in [-0.2, 0) is 16.0 Å². The number of carbonyl (C=O) groups is 2. The molecule has 3 rings (SSSR count). The maximum Gasteiger partial charge on any atom is 0.242 e. The van der Waals surface area contributed by atoms with E-state index in [4.69, 9.17) is 4.74 Å². The molecule has 2 amide bonds. The Hall–Kier alpha value is -2.34. The Morgan fingerprint density at radius 1 is 1.19 bits per heavy atom. The number of carbonyl (C=O) groups excluding carboxylic acids is 2. The van der Waals surface area contributed by atoms with Crippen LogP contribution in [-0.4, -0.2) is 47.4 Å². The van der Waals surface area contributed by atoms with Crippen LogP contribution in [0.1, 0.15) is 57.0 Å². The average molecular weight is 443 g/mol. The number of nitrogens with zero attached hydrogens (tertiary/aromatic N) is 2. The fourth-order valence-corrected chi connectivity index (χ4v) is 4.91. The van der Waals surface area contributed by atoms with Crippen LogP contribution in [0.15, 0.2) is 41.8 Å². The zero-order valence-electron chi connectivity index (χ0n) is 19.0. The van der Waals surface area contributed by atoms with E-state index in [1.54, 1.807) is 16.2 Å². The molecule has 2 aromatic rings. The van der Waals surface area contributed by atoms with Crippen molar-refractivity contribution in [2.75, 3.05) is 19.7 Å². The van der Waals surface area contributed by atoms with Crippen molar-refractivity contribution in [2.24, 2.45) is 5.92 Å². The number of rotatable bonds is 9. The van der Waals surface area contributed by atoms with E-state index in [0.29, 0.717) is 19.6 Å². The van der Waals surface area contributed by atoms with Gasteiger partial charge in [-0.3, -0.25) is 9.59 Å². The summed E-state index contributed by atoms with van der Waals surface area (Å²) in [5.41, 5.74) is 1.17. The van der Waals surface area contributed by atoms with Crippen LogP contribution < -0.4 is 4.74 Å². The van der Waals surface area contributed by atoms with Gasteiger partial charge in [-0.1, -0.05) is 39.0 Å². The van der Waals surface area contributed by atoms with Gasteiger partial charge in [-0.25, -0.2) is 0 Å². The minimum atomic E-state index is -0.137. The number of para-hydroxylation sites is 1. The van der Waals surface area contributed by atoms with Crippen LogP contribution in [0.3, 0.4) is 0 Å². The van der Waals surface area contributed by atoms with Crippen LogP contribution in [0.2, 0.25) is 0 Å². The van der Waals surface area contributed by atoms with Gasteiger partial charge in [0.15, 0.2) is 0 Å². The third-order valence-corrected chi connectivity index (χ3v) is 6.89. The number of hydrogen-bond donors (Lipinski definition) is 0. The number of fused-ring (bicyclic) bond motifs is 1. The van der Waals surface area contributed by atoms with Crippen molar-refractivity contribution in [3.05, 3.63) is 52.2 Å². The van der Waals surface area contributed by atoms with Gasteiger partial charge >= 0.3 is 0 Å². The third-order valence-electron chi connectivity index (χ3n) is 5.90. The molecule has 1 aliphatic heterocycles. The Bertz CT molecular complexity index is 865. The van der Waals surface area contributed by atoms with Gasteiger partial charge in [-0.2, -0.15) is 0 Å². The normalized spacial score (nSPS) is 16.7. The molecule has 2 heterocycles. The molecular formula is C25H34N2O3S. The van der Waals surface area contributed by atoms with E-state index < -0.39 is 0 Å². The first-order valence-corrected chi connectivity index (χ1v) is 12.1. The largest absolute Gasteiger partial charge is 0.491 e. The van der Waals surface area contributed by atoms with Gasteiger partial charge < -0.3 is 14.5 Å². The summed E-state index contributed by atoms with van der Waals surface area (Å²) < 4.78 is 6.06. The van der Waals surface area contributed by atoms with E-state index in [2.05, 4.69) is 18.4 Å². The van der Waals surface area contributed by atoms with Crippen molar-refractivity contribution in [3.8, 4) is 5.75 Å². The van der Waals surface area contributed by atoms with E-state index in [-0.39, 0.29) is 36.4 Å². The fourth-order valence-electron chi connectivity index (χ4n) is 3.98. The number of amides is 2. The summed E-state index contributed by atoms with van der Waals surface area (Å²) in [6, 6.07) is 11.7. The number of hydrogen-bond acceptors (Lipinski definition) is 4. The third kappa shape index (κ3) is 5.88.